The largest absolute Gasteiger partial charge is 0.493 e. The van der Waals surface area contributed by atoms with E-state index >= 15 is 0 Å². The van der Waals surface area contributed by atoms with Crippen molar-refractivity contribution in [1.29, 1.82) is 0 Å². The van der Waals surface area contributed by atoms with Gasteiger partial charge in [-0.3, -0.25) is 0 Å². The van der Waals surface area contributed by atoms with Gasteiger partial charge in [0.2, 0.25) is 0 Å². The van der Waals surface area contributed by atoms with E-state index in [0.29, 0.717) is 11.8 Å². The van der Waals surface area contributed by atoms with Crippen LogP contribution in [-0.2, 0) is 0 Å². The number of ether oxygens (including phenoxy) is 1. The Labute approximate surface area is 135 Å². The summed E-state index contributed by atoms with van der Waals surface area (Å²) in [5.41, 5.74) is 9.13. The standard InChI is InChI=1S/C19H32N2O/c1-5-9-21(10-6-2)12-16-13-22-18-8-7-15(14(3)4)11-17(18)19(16)20/h7-8,11,14,16,19H,5-6,9-10,12-13,20H2,1-4H3. The molecule has 1 aromatic rings. The predicted molar refractivity (Wildman–Crippen MR) is 93.5 cm³/mol. The number of nitrogens with two attached hydrogens (primary N) is 1. The topological polar surface area (TPSA) is 38.5 Å². The van der Waals surface area contributed by atoms with Crippen LogP contribution in [0.25, 0.3) is 0 Å². The first kappa shape index (κ1) is 17.3. The first-order chi connectivity index (χ1) is 10.6. The van der Waals surface area contributed by atoms with Crippen LogP contribution in [0.3, 0.4) is 0 Å². The maximum Gasteiger partial charge on any atom is 0.124 e. The second-order valence-corrected chi connectivity index (χ2v) is 6.85. The normalized spacial score (nSPS) is 21.0. The molecule has 2 rings (SSSR count). The van der Waals surface area contributed by atoms with Crippen LogP contribution in [0.2, 0.25) is 0 Å². The Bertz CT molecular complexity index is 467. The van der Waals surface area contributed by atoms with E-state index in [2.05, 4.69) is 50.8 Å². The highest BCUT2D eigenvalue weighted by atomic mass is 16.5. The van der Waals surface area contributed by atoms with E-state index in [1.807, 2.05) is 0 Å². The summed E-state index contributed by atoms with van der Waals surface area (Å²) < 4.78 is 5.99. The summed E-state index contributed by atoms with van der Waals surface area (Å²) in [6, 6.07) is 6.59. The van der Waals surface area contributed by atoms with E-state index in [1.165, 1.54) is 24.0 Å². The van der Waals surface area contributed by atoms with Crippen LogP contribution >= 0.6 is 0 Å². The maximum atomic E-state index is 6.59. The van der Waals surface area contributed by atoms with Crippen molar-refractivity contribution in [1.82, 2.24) is 4.90 Å². The van der Waals surface area contributed by atoms with Crippen molar-refractivity contribution >= 4 is 0 Å². The number of hydrogen-bond acceptors (Lipinski definition) is 3. The van der Waals surface area contributed by atoms with Crippen molar-refractivity contribution in [2.75, 3.05) is 26.2 Å². The van der Waals surface area contributed by atoms with Crippen LogP contribution < -0.4 is 10.5 Å². The molecule has 1 aliphatic rings. The average Bonchev–Trinajstić information content (AvgIpc) is 2.50. The van der Waals surface area contributed by atoms with Gasteiger partial charge < -0.3 is 15.4 Å². The summed E-state index contributed by atoms with van der Waals surface area (Å²) in [4.78, 5) is 2.53. The fourth-order valence-electron chi connectivity index (χ4n) is 3.30. The SMILES string of the molecule is CCCN(CCC)CC1COc2ccc(C(C)C)cc2C1N. The smallest absolute Gasteiger partial charge is 0.124 e. The van der Waals surface area contributed by atoms with Gasteiger partial charge in [0.1, 0.15) is 5.75 Å². The zero-order chi connectivity index (χ0) is 16.1. The van der Waals surface area contributed by atoms with Gasteiger partial charge in [0.05, 0.1) is 6.61 Å². The monoisotopic (exact) mass is 304 g/mol. The fourth-order valence-corrected chi connectivity index (χ4v) is 3.30. The molecular weight excluding hydrogens is 272 g/mol. The molecule has 2 N–H and O–H groups in total. The summed E-state index contributed by atoms with van der Waals surface area (Å²) in [7, 11) is 0. The molecule has 0 saturated carbocycles. The van der Waals surface area contributed by atoms with Gasteiger partial charge in [-0.15, -0.1) is 0 Å². The van der Waals surface area contributed by atoms with Crippen LogP contribution in [0.15, 0.2) is 18.2 Å². The summed E-state index contributed by atoms with van der Waals surface area (Å²) in [5, 5.41) is 0. The summed E-state index contributed by atoms with van der Waals surface area (Å²) in [5.74, 6) is 1.88. The van der Waals surface area contributed by atoms with Gasteiger partial charge >= 0.3 is 0 Å². The molecule has 0 bridgehead atoms. The minimum Gasteiger partial charge on any atom is -0.493 e. The quantitative estimate of drug-likeness (QED) is 0.829. The molecule has 0 saturated heterocycles. The predicted octanol–water partition coefficient (Wildman–Crippen LogP) is 3.94. The molecule has 0 fully saturated rings. The van der Waals surface area contributed by atoms with Crippen molar-refractivity contribution < 1.29 is 4.74 Å². The number of rotatable bonds is 7. The molecule has 0 aliphatic carbocycles. The van der Waals surface area contributed by atoms with Crippen molar-refractivity contribution in [3.63, 3.8) is 0 Å². The second kappa shape index (κ2) is 7.98. The Kier molecular flexibility index (Phi) is 6.27. The second-order valence-electron chi connectivity index (χ2n) is 6.85. The van der Waals surface area contributed by atoms with Gasteiger partial charge in [-0.1, -0.05) is 39.8 Å². The summed E-state index contributed by atoms with van der Waals surface area (Å²) in [6.07, 6.45) is 2.38. The molecule has 0 aromatic heterocycles. The molecule has 0 radical (unpaired) electrons. The Morgan fingerprint density at radius 2 is 1.91 bits per heavy atom. The van der Waals surface area contributed by atoms with Crippen LogP contribution in [-0.4, -0.2) is 31.1 Å². The average molecular weight is 304 g/mol. The zero-order valence-electron chi connectivity index (χ0n) is 14.6. The maximum absolute atomic E-state index is 6.59. The van der Waals surface area contributed by atoms with Gasteiger partial charge in [0.25, 0.3) is 0 Å². The molecular formula is C19H32N2O. The lowest BCUT2D eigenvalue weighted by molar-refractivity contribution is 0.138. The van der Waals surface area contributed by atoms with E-state index in [9.17, 15) is 0 Å². The Morgan fingerprint density at radius 1 is 1.23 bits per heavy atom. The molecule has 1 heterocycles. The minimum absolute atomic E-state index is 0.0821. The number of nitrogens with zero attached hydrogens (tertiary/aromatic N) is 1. The van der Waals surface area contributed by atoms with Crippen molar-refractivity contribution in [3.8, 4) is 5.75 Å². The van der Waals surface area contributed by atoms with E-state index < -0.39 is 0 Å². The lowest BCUT2D eigenvalue weighted by atomic mass is 9.88. The van der Waals surface area contributed by atoms with Crippen LogP contribution in [0.1, 0.15) is 63.6 Å². The van der Waals surface area contributed by atoms with Crippen molar-refractivity contribution in [3.05, 3.63) is 29.3 Å². The first-order valence-corrected chi connectivity index (χ1v) is 8.81. The van der Waals surface area contributed by atoms with E-state index in [4.69, 9.17) is 10.5 Å². The molecule has 2 atom stereocenters. The molecule has 22 heavy (non-hydrogen) atoms. The lowest BCUT2D eigenvalue weighted by Crippen LogP contribution is -2.41. The first-order valence-electron chi connectivity index (χ1n) is 8.81. The van der Waals surface area contributed by atoms with Gasteiger partial charge in [-0.05, 0) is 43.5 Å². The summed E-state index contributed by atoms with van der Waals surface area (Å²) in [6.45, 7) is 13.0. The van der Waals surface area contributed by atoms with Crippen LogP contribution in [0.4, 0.5) is 0 Å². The summed E-state index contributed by atoms with van der Waals surface area (Å²) >= 11 is 0. The Morgan fingerprint density at radius 3 is 2.50 bits per heavy atom. The minimum atomic E-state index is 0.0821. The molecule has 1 aromatic carbocycles. The molecule has 0 spiro atoms. The zero-order valence-corrected chi connectivity index (χ0v) is 14.6. The number of benzene rings is 1. The van der Waals surface area contributed by atoms with Gasteiger partial charge in [0, 0.05) is 24.1 Å². The molecule has 1 aliphatic heterocycles. The Balaban J connectivity index is 2.12. The third-order valence-corrected chi connectivity index (χ3v) is 4.59. The fraction of sp³-hybridized carbons (Fsp3) is 0.684. The highest BCUT2D eigenvalue weighted by molar-refractivity contribution is 5.42. The molecule has 3 heteroatoms. The Hall–Kier alpha value is -1.06. The highest BCUT2D eigenvalue weighted by Gasteiger charge is 2.29. The van der Waals surface area contributed by atoms with Crippen LogP contribution in [0, 0.1) is 5.92 Å². The highest BCUT2D eigenvalue weighted by Crippen LogP contribution is 2.36. The van der Waals surface area contributed by atoms with E-state index in [-0.39, 0.29) is 6.04 Å². The van der Waals surface area contributed by atoms with Gasteiger partial charge in [0.15, 0.2) is 0 Å². The molecule has 124 valence electrons. The van der Waals surface area contributed by atoms with Crippen LogP contribution in [0.5, 0.6) is 5.75 Å². The molecule has 3 nitrogen and oxygen atoms in total. The number of fused-ring (bicyclic) bond motifs is 1. The van der Waals surface area contributed by atoms with Crippen molar-refractivity contribution in [2.45, 2.75) is 52.5 Å². The van der Waals surface area contributed by atoms with Crippen molar-refractivity contribution in [2.24, 2.45) is 11.7 Å². The third-order valence-electron chi connectivity index (χ3n) is 4.59. The molecule has 0 amide bonds. The van der Waals surface area contributed by atoms with E-state index in [0.717, 1.165) is 32.0 Å². The molecule has 2 unspecified atom stereocenters. The van der Waals surface area contributed by atoms with Gasteiger partial charge in [-0.2, -0.15) is 0 Å². The number of hydrogen-bond donors (Lipinski definition) is 1. The van der Waals surface area contributed by atoms with Gasteiger partial charge in [-0.25, -0.2) is 0 Å². The third kappa shape index (κ3) is 4.02. The lowest BCUT2D eigenvalue weighted by Gasteiger charge is -2.35. The van der Waals surface area contributed by atoms with E-state index in [1.54, 1.807) is 0 Å².